The van der Waals surface area contributed by atoms with Crippen molar-refractivity contribution in [1.82, 2.24) is 9.97 Å². The predicted molar refractivity (Wildman–Crippen MR) is 79.9 cm³/mol. The van der Waals surface area contributed by atoms with Crippen molar-refractivity contribution >= 4 is 11.6 Å². The lowest BCUT2D eigenvalue weighted by atomic mass is 10.3. The molecule has 0 aliphatic carbocycles. The number of anilines is 2. The van der Waals surface area contributed by atoms with Gasteiger partial charge in [-0.3, -0.25) is 0 Å². The summed E-state index contributed by atoms with van der Waals surface area (Å²) in [6.45, 7) is 7.94. The molecule has 5 heteroatoms. The Morgan fingerprint density at radius 1 is 1.37 bits per heavy atom. The average molecular weight is 266 g/mol. The highest BCUT2D eigenvalue weighted by molar-refractivity contribution is 5.49. The number of hydrogen-bond donors (Lipinski definition) is 1. The second-order valence-electron chi connectivity index (χ2n) is 4.72. The summed E-state index contributed by atoms with van der Waals surface area (Å²) in [5.41, 5.74) is 0. The number of likely N-dealkylation sites (N-methyl/N-ethyl adjacent to an activating group) is 1. The lowest BCUT2D eigenvalue weighted by Crippen LogP contribution is -2.33. The molecule has 1 aromatic heterocycles. The van der Waals surface area contributed by atoms with E-state index in [-0.39, 0.29) is 6.04 Å². The lowest BCUT2D eigenvalue weighted by Gasteiger charge is -2.26. The van der Waals surface area contributed by atoms with E-state index in [0.29, 0.717) is 6.61 Å². The molecule has 1 rings (SSSR count). The molecule has 0 radical (unpaired) electrons. The lowest BCUT2D eigenvalue weighted by molar-refractivity contribution is 0.183. The van der Waals surface area contributed by atoms with Gasteiger partial charge in [-0.2, -0.15) is 0 Å². The van der Waals surface area contributed by atoms with Crippen LogP contribution in [0.2, 0.25) is 0 Å². The largest absolute Gasteiger partial charge is 0.383 e. The van der Waals surface area contributed by atoms with Gasteiger partial charge >= 0.3 is 0 Å². The molecule has 0 spiro atoms. The highest BCUT2D eigenvalue weighted by Crippen LogP contribution is 2.17. The van der Waals surface area contributed by atoms with Gasteiger partial charge in [-0.1, -0.05) is 13.8 Å². The van der Waals surface area contributed by atoms with Crippen molar-refractivity contribution < 1.29 is 4.74 Å². The minimum Gasteiger partial charge on any atom is -0.383 e. The van der Waals surface area contributed by atoms with Gasteiger partial charge in [0.15, 0.2) is 0 Å². The predicted octanol–water partition coefficient (Wildman–Crippen LogP) is 2.33. The van der Waals surface area contributed by atoms with E-state index in [1.54, 1.807) is 7.11 Å². The summed E-state index contributed by atoms with van der Waals surface area (Å²) in [5, 5.41) is 3.33. The third-order valence-electron chi connectivity index (χ3n) is 3.06. The van der Waals surface area contributed by atoms with Gasteiger partial charge < -0.3 is 15.0 Å². The van der Waals surface area contributed by atoms with Crippen LogP contribution in [-0.4, -0.2) is 43.3 Å². The van der Waals surface area contributed by atoms with Crippen LogP contribution in [0.5, 0.6) is 0 Å². The Bertz CT molecular complexity index is 384. The maximum atomic E-state index is 5.20. The van der Waals surface area contributed by atoms with Gasteiger partial charge in [0.25, 0.3) is 0 Å². The Morgan fingerprint density at radius 3 is 2.68 bits per heavy atom. The third-order valence-corrected chi connectivity index (χ3v) is 3.06. The summed E-state index contributed by atoms with van der Waals surface area (Å²) in [6, 6.07) is 2.28. The van der Waals surface area contributed by atoms with Gasteiger partial charge in [-0.15, -0.1) is 0 Å². The highest BCUT2D eigenvalue weighted by Gasteiger charge is 2.13. The Kier molecular flexibility index (Phi) is 6.56. The number of ether oxygens (including phenoxy) is 1. The van der Waals surface area contributed by atoms with E-state index in [0.717, 1.165) is 36.8 Å². The Morgan fingerprint density at radius 2 is 2.11 bits per heavy atom. The van der Waals surface area contributed by atoms with E-state index in [2.05, 4.69) is 41.0 Å². The van der Waals surface area contributed by atoms with Gasteiger partial charge in [0.2, 0.25) is 0 Å². The summed E-state index contributed by atoms with van der Waals surface area (Å²) in [7, 11) is 3.76. The van der Waals surface area contributed by atoms with E-state index < -0.39 is 0 Å². The molecule has 0 fully saturated rings. The summed E-state index contributed by atoms with van der Waals surface area (Å²) >= 11 is 0. The molecule has 1 N–H and O–H groups in total. The molecule has 1 unspecified atom stereocenters. The second-order valence-corrected chi connectivity index (χ2v) is 4.72. The maximum Gasteiger partial charge on any atom is 0.134 e. The van der Waals surface area contributed by atoms with Crippen LogP contribution in [-0.2, 0) is 11.2 Å². The number of nitrogens with zero attached hydrogens (tertiary/aromatic N) is 3. The van der Waals surface area contributed by atoms with Crippen LogP contribution < -0.4 is 10.2 Å². The van der Waals surface area contributed by atoms with E-state index >= 15 is 0 Å². The van der Waals surface area contributed by atoms with Crippen LogP contribution in [0.25, 0.3) is 0 Å². The first-order chi connectivity index (χ1) is 9.12. The van der Waals surface area contributed by atoms with Gasteiger partial charge in [0.1, 0.15) is 17.5 Å². The Hall–Kier alpha value is -1.36. The smallest absolute Gasteiger partial charge is 0.134 e. The molecule has 0 amide bonds. The first-order valence-corrected chi connectivity index (χ1v) is 6.95. The zero-order valence-electron chi connectivity index (χ0n) is 12.7. The molecular weight excluding hydrogens is 240 g/mol. The minimum absolute atomic E-state index is 0.281. The molecule has 1 atom stereocenters. The Labute approximate surface area is 116 Å². The number of aryl methyl sites for hydroxylation is 1. The van der Waals surface area contributed by atoms with E-state index in [9.17, 15) is 0 Å². The fourth-order valence-corrected chi connectivity index (χ4v) is 1.74. The number of rotatable bonds is 8. The summed E-state index contributed by atoms with van der Waals surface area (Å²) in [4.78, 5) is 11.2. The molecule has 108 valence electrons. The SMILES string of the molecule is CCCNc1cc(N(C)C(C)COC)nc(CC)n1. The molecule has 0 saturated carbocycles. The molecule has 19 heavy (non-hydrogen) atoms. The Balaban J connectivity index is 2.91. The standard InChI is InChI=1S/C14H26N4O/c1-6-8-15-13-9-14(17-12(7-2)16-13)18(4)11(3)10-19-5/h9,11H,6-8,10H2,1-5H3,(H,15,16,17). The zero-order chi connectivity index (χ0) is 14.3. The number of aromatic nitrogens is 2. The van der Waals surface area contributed by atoms with Crippen LogP contribution in [0.3, 0.4) is 0 Å². The quantitative estimate of drug-likeness (QED) is 0.782. The minimum atomic E-state index is 0.281. The van der Waals surface area contributed by atoms with Crippen LogP contribution in [0.4, 0.5) is 11.6 Å². The zero-order valence-corrected chi connectivity index (χ0v) is 12.7. The second kappa shape index (κ2) is 7.94. The molecule has 1 heterocycles. The first kappa shape index (κ1) is 15.7. The van der Waals surface area contributed by atoms with Crippen molar-refractivity contribution in [2.24, 2.45) is 0 Å². The highest BCUT2D eigenvalue weighted by atomic mass is 16.5. The number of hydrogen-bond acceptors (Lipinski definition) is 5. The first-order valence-electron chi connectivity index (χ1n) is 6.95. The molecule has 0 saturated heterocycles. The van der Waals surface area contributed by atoms with Crippen LogP contribution in [0, 0.1) is 0 Å². The monoisotopic (exact) mass is 266 g/mol. The summed E-state index contributed by atoms with van der Waals surface area (Å²) < 4.78 is 5.20. The van der Waals surface area contributed by atoms with E-state index in [1.165, 1.54) is 0 Å². The topological polar surface area (TPSA) is 50.3 Å². The van der Waals surface area contributed by atoms with Crippen molar-refractivity contribution in [2.45, 2.75) is 39.7 Å². The summed E-state index contributed by atoms with van der Waals surface area (Å²) in [5.74, 6) is 2.71. The van der Waals surface area contributed by atoms with E-state index in [1.807, 2.05) is 13.1 Å². The van der Waals surface area contributed by atoms with E-state index in [4.69, 9.17) is 4.74 Å². The van der Waals surface area contributed by atoms with Gasteiger partial charge in [-0.25, -0.2) is 9.97 Å². The van der Waals surface area contributed by atoms with Crippen LogP contribution in [0.1, 0.15) is 33.0 Å². The molecule has 0 aromatic carbocycles. The van der Waals surface area contributed by atoms with Gasteiger partial charge in [-0.05, 0) is 13.3 Å². The molecule has 0 aliphatic rings. The molecule has 0 bridgehead atoms. The summed E-state index contributed by atoms with van der Waals surface area (Å²) in [6.07, 6.45) is 1.91. The molecule has 0 aliphatic heterocycles. The van der Waals surface area contributed by atoms with Crippen molar-refractivity contribution in [1.29, 1.82) is 0 Å². The van der Waals surface area contributed by atoms with Crippen molar-refractivity contribution in [3.63, 3.8) is 0 Å². The number of methoxy groups -OCH3 is 1. The van der Waals surface area contributed by atoms with Gasteiger partial charge in [0, 0.05) is 33.2 Å². The third kappa shape index (κ3) is 4.67. The average Bonchev–Trinajstić information content (AvgIpc) is 2.44. The van der Waals surface area contributed by atoms with Crippen LogP contribution >= 0.6 is 0 Å². The molecular formula is C14H26N4O. The fraction of sp³-hybridized carbons (Fsp3) is 0.714. The molecule has 5 nitrogen and oxygen atoms in total. The van der Waals surface area contributed by atoms with Crippen molar-refractivity contribution in [3.05, 3.63) is 11.9 Å². The van der Waals surface area contributed by atoms with Crippen LogP contribution in [0.15, 0.2) is 6.07 Å². The molecule has 1 aromatic rings. The fourth-order valence-electron chi connectivity index (χ4n) is 1.74. The maximum absolute atomic E-state index is 5.20. The van der Waals surface area contributed by atoms with Crippen molar-refractivity contribution in [2.75, 3.05) is 37.5 Å². The van der Waals surface area contributed by atoms with Gasteiger partial charge in [0.05, 0.1) is 12.6 Å². The number of nitrogens with one attached hydrogen (secondary N) is 1. The van der Waals surface area contributed by atoms with Crippen molar-refractivity contribution in [3.8, 4) is 0 Å². The normalized spacial score (nSPS) is 12.3.